The molecule has 170 valence electrons. The Morgan fingerprint density at radius 2 is 1.72 bits per heavy atom. The summed E-state index contributed by atoms with van der Waals surface area (Å²) in [5.74, 6) is 0.706. The average molecular weight is 459 g/mol. The SMILES string of the molecule is CCN(CC)CCN(C(=O)c1ccccc1[N+](=O)[O-])c1nc2c(OC)ccc(OC)c2s1. The van der Waals surface area contributed by atoms with Gasteiger partial charge in [0.15, 0.2) is 5.13 Å². The molecular weight excluding hydrogens is 432 g/mol. The molecule has 0 spiro atoms. The van der Waals surface area contributed by atoms with Gasteiger partial charge in [0.1, 0.15) is 27.3 Å². The molecule has 0 aliphatic heterocycles. The Kier molecular flexibility index (Phi) is 7.60. The summed E-state index contributed by atoms with van der Waals surface area (Å²) >= 11 is 1.29. The van der Waals surface area contributed by atoms with Crippen LogP contribution >= 0.6 is 11.3 Å². The molecule has 0 aliphatic carbocycles. The molecule has 0 bridgehead atoms. The van der Waals surface area contributed by atoms with Crippen molar-refractivity contribution in [2.24, 2.45) is 0 Å². The number of hydrogen-bond acceptors (Lipinski definition) is 8. The van der Waals surface area contributed by atoms with Crippen LogP contribution in [0.15, 0.2) is 36.4 Å². The fourth-order valence-electron chi connectivity index (χ4n) is 3.41. The lowest BCUT2D eigenvalue weighted by Gasteiger charge is -2.24. The van der Waals surface area contributed by atoms with E-state index < -0.39 is 10.8 Å². The number of amides is 1. The zero-order chi connectivity index (χ0) is 23.3. The maximum absolute atomic E-state index is 13.6. The maximum atomic E-state index is 13.6. The molecule has 1 amide bonds. The van der Waals surface area contributed by atoms with Crippen molar-refractivity contribution in [1.29, 1.82) is 0 Å². The summed E-state index contributed by atoms with van der Waals surface area (Å²) in [5.41, 5.74) is 0.367. The first-order chi connectivity index (χ1) is 15.4. The van der Waals surface area contributed by atoms with E-state index in [4.69, 9.17) is 9.47 Å². The number of fused-ring (bicyclic) bond motifs is 1. The lowest BCUT2D eigenvalue weighted by Crippen LogP contribution is -2.39. The fraction of sp³-hybridized carbons (Fsp3) is 0.364. The third-order valence-electron chi connectivity index (χ3n) is 5.24. The van der Waals surface area contributed by atoms with Crippen molar-refractivity contribution in [1.82, 2.24) is 9.88 Å². The van der Waals surface area contributed by atoms with E-state index in [0.29, 0.717) is 35.2 Å². The molecular formula is C22H26N4O5S. The second kappa shape index (κ2) is 10.4. The summed E-state index contributed by atoms with van der Waals surface area (Å²) in [6.45, 7) is 6.67. The van der Waals surface area contributed by atoms with Crippen molar-refractivity contribution in [3.05, 3.63) is 52.1 Å². The van der Waals surface area contributed by atoms with E-state index in [9.17, 15) is 14.9 Å². The number of methoxy groups -OCH3 is 2. The van der Waals surface area contributed by atoms with Gasteiger partial charge in [0, 0.05) is 19.2 Å². The van der Waals surface area contributed by atoms with Crippen LogP contribution in [0.4, 0.5) is 10.8 Å². The van der Waals surface area contributed by atoms with Gasteiger partial charge in [-0.15, -0.1) is 0 Å². The molecule has 0 saturated carbocycles. The number of nitro benzene ring substituents is 1. The highest BCUT2D eigenvalue weighted by molar-refractivity contribution is 7.22. The molecule has 0 radical (unpaired) electrons. The third-order valence-corrected chi connectivity index (χ3v) is 6.33. The molecule has 0 unspecified atom stereocenters. The second-order valence-electron chi connectivity index (χ2n) is 6.90. The van der Waals surface area contributed by atoms with Gasteiger partial charge in [0.2, 0.25) is 0 Å². The molecule has 1 heterocycles. The Morgan fingerprint density at radius 1 is 1.06 bits per heavy atom. The van der Waals surface area contributed by atoms with E-state index in [1.165, 1.54) is 28.4 Å². The van der Waals surface area contributed by atoms with Crippen molar-refractivity contribution < 1.29 is 19.2 Å². The van der Waals surface area contributed by atoms with Gasteiger partial charge in [-0.05, 0) is 31.3 Å². The van der Waals surface area contributed by atoms with Crippen molar-refractivity contribution in [3.8, 4) is 11.5 Å². The van der Waals surface area contributed by atoms with Gasteiger partial charge in [0.05, 0.1) is 19.1 Å². The molecule has 0 fully saturated rings. The molecule has 0 atom stereocenters. The summed E-state index contributed by atoms with van der Waals surface area (Å²) in [5, 5.41) is 12.0. The molecule has 3 aromatic rings. The predicted octanol–water partition coefficient (Wildman–Crippen LogP) is 4.21. The molecule has 1 aromatic heterocycles. The smallest absolute Gasteiger partial charge is 0.282 e. The van der Waals surface area contributed by atoms with Crippen LogP contribution in [0.1, 0.15) is 24.2 Å². The normalized spacial score (nSPS) is 11.0. The standard InChI is InChI=1S/C22H26N4O5S/c1-5-24(6-2)13-14-25(21(27)15-9-7-8-10-16(15)26(28)29)22-23-19-17(30-3)11-12-18(31-4)20(19)32-22/h7-12H,5-6,13-14H2,1-4H3. The lowest BCUT2D eigenvalue weighted by molar-refractivity contribution is -0.385. The minimum atomic E-state index is -0.541. The number of carbonyl (C=O) groups is 1. The summed E-state index contributed by atoms with van der Waals surface area (Å²) in [7, 11) is 3.12. The van der Waals surface area contributed by atoms with Gasteiger partial charge in [-0.1, -0.05) is 37.3 Å². The topological polar surface area (TPSA) is 98.0 Å². The van der Waals surface area contributed by atoms with Gasteiger partial charge in [0.25, 0.3) is 11.6 Å². The summed E-state index contributed by atoms with van der Waals surface area (Å²) < 4.78 is 11.6. The zero-order valence-corrected chi connectivity index (χ0v) is 19.3. The van der Waals surface area contributed by atoms with Crippen molar-refractivity contribution in [2.45, 2.75) is 13.8 Å². The Morgan fingerprint density at radius 3 is 2.34 bits per heavy atom. The number of nitro groups is 1. The van der Waals surface area contributed by atoms with E-state index in [0.717, 1.165) is 17.8 Å². The quantitative estimate of drug-likeness (QED) is 0.331. The van der Waals surface area contributed by atoms with Gasteiger partial charge < -0.3 is 14.4 Å². The average Bonchev–Trinajstić information content (AvgIpc) is 3.26. The predicted molar refractivity (Wildman–Crippen MR) is 125 cm³/mol. The molecule has 32 heavy (non-hydrogen) atoms. The third kappa shape index (κ3) is 4.66. The first-order valence-electron chi connectivity index (χ1n) is 10.2. The number of aromatic nitrogens is 1. The van der Waals surface area contributed by atoms with Crippen LogP contribution in [0.3, 0.4) is 0 Å². The Hall–Kier alpha value is -3.24. The van der Waals surface area contributed by atoms with Crippen LogP contribution in [-0.4, -0.2) is 61.1 Å². The first kappa shape index (κ1) is 23.4. The first-order valence-corrected chi connectivity index (χ1v) is 11.1. The van der Waals surface area contributed by atoms with Gasteiger partial charge >= 0.3 is 0 Å². The fourth-order valence-corrected chi connectivity index (χ4v) is 4.51. The van der Waals surface area contributed by atoms with E-state index in [1.54, 1.807) is 38.5 Å². The summed E-state index contributed by atoms with van der Waals surface area (Å²) in [4.78, 5) is 32.9. The number of carbonyl (C=O) groups excluding carboxylic acids is 1. The number of nitrogens with zero attached hydrogens (tertiary/aromatic N) is 4. The van der Waals surface area contributed by atoms with Crippen molar-refractivity contribution in [2.75, 3.05) is 45.3 Å². The molecule has 9 nitrogen and oxygen atoms in total. The van der Waals surface area contributed by atoms with E-state index in [2.05, 4.69) is 9.88 Å². The molecule has 0 N–H and O–H groups in total. The number of anilines is 1. The number of para-hydroxylation sites is 1. The van der Waals surface area contributed by atoms with Crippen LogP contribution in [0.5, 0.6) is 11.5 Å². The molecule has 3 rings (SSSR count). The number of benzene rings is 2. The Labute approximate surface area is 190 Å². The summed E-state index contributed by atoms with van der Waals surface area (Å²) in [6.07, 6.45) is 0. The Bertz CT molecular complexity index is 1070. The number of hydrogen-bond donors (Lipinski definition) is 0. The zero-order valence-electron chi connectivity index (χ0n) is 18.5. The van der Waals surface area contributed by atoms with E-state index in [-0.39, 0.29) is 11.3 Å². The highest BCUT2D eigenvalue weighted by Gasteiger charge is 2.28. The minimum Gasteiger partial charge on any atom is -0.495 e. The van der Waals surface area contributed by atoms with Crippen molar-refractivity contribution in [3.63, 3.8) is 0 Å². The summed E-state index contributed by atoms with van der Waals surface area (Å²) in [6, 6.07) is 9.51. The Balaban J connectivity index is 2.11. The van der Waals surface area contributed by atoms with E-state index >= 15 is 0 Å². The van der Waals surface area contributed by atoms with Crippen molar-refractivity contribution >= 4 is 38.3 Å². The second-order valence-corrected chi connectivity index (χ2v) is 7.88. The van der Waals surface area contributed by atoms with Crippen LogP contribution in [0, 0.1) is 10.1 Å². The number of thiazole rings is 1. The van der Waals surface area contributed by atoms with Gasteiger partial charge in [-0.2, -0.15) is 0 Å². The molecule has 0 aliphatic rings. The lowest BCUT2D eigenvalue weighted by atomic mass is 10.1. The molecule has 10 heteroatoms. The number of ether oxygens (including phenoxy) is 2. The largest absolute Gasteiger partial charge is 0.495 e. The monoisotopic (exact) mass is 458 g/mol. The van der Waals surface area contributed by atoms with Gasteiger partial charge in [-0.25, -0.2) is 4.98 Å². The maximum Gasteiger partial charge on any atom is 0.282 e. The van der Waals surface area contributed by atoms with Crippen LogP contribution < -0.4 is 14.4 Å². The van der Waals surface area contributed by atoms with Crippen LogP contribution in [-0.2, 0) is 0 Å². The van der Waals surface area contributed by atoms with Gasteiger partial charge in [-0.3, -0.25) is 19.8 Å². The molecule has 0 saturated heterocycles. The number of likely N-dealkylation sites (N-methyl/N-ethyl adjacent to an activating group) is 1. The minimum absolute atomic E-state index is 0.0234. The highest BCUT2D eigenvalue weighted by atomic mass is 32.1. The molecule has 2 aromatic carbocycles. The van der Waals surface area contributed by atoms with Crippen LogP contribution in [0.25, 0.3) is 10.2 Å². The van der Waals surface area contributed by atoms with E-state index in [1.807, 2.05) is 13.8 Å². The van der Waals surface area contributed by atoms with Crippen LogP contribution in [0.2, 0.25) is 0 Å². The highest BCUT2D eigenvalue weighted by Crippen LogP contribution is 2.40. The number of rotatable bonds is 10.